The number of nitrogens with zero attached hydrogens (tertiary/aromatic N) is 1. The fraction of sp³-hybridized carbons (Fsp3) is 0.923. The highest BCUT2D eigenvalue weighted by molar-refractivity contribution is 7.85. The van der Waals surface area contributed by atoms with Crippen LogP contribution in [-0.4, -0.2) is 6.54 Å². The van der Waals surface area contributed by atoms with Gasteiger partial charge in [0.25, 0.3) is 0 Å². The number of unbranched alkanes of at least 4 members (excludes halogenated alkanes) is 9. The Morgan fingerprint density at radius 3 is 1.50 bits per heavy atom. The second kappa shape index (κ2) is 20.2. The van der Waals surface area contributed by atoms with Crippen molar-refractivity contribution in [3.05, 3.63) is 0 Å². The molecule has 0 aromatic heterocycles. The van der Waals surface area contributed by atoms with Gasteiger partial charge < -0.3 is 5.73 Å². The van der Waals surface area contributed by atoms with Gasteiger partial charge in [-0.2, -0.15) is 5.26 Å². The molecule has 0 heterocycles. The SMILES string of the molecule is CCCCCCCCCCCCN.N#CS. The summed E-state index contributed by atoms with van der Waals surface area (Å²) in [5.74, 6) is 0. The fourth-order valence-electron chi connectivity index (χ4n) is 1.63. The third-order valence-corrected chi connectivity index (χ3v) is 2.56. The van der Waals surface area contributed by atoms with Crippen molar-refractivity contribution in [2.45, 2.75) is 71.1 Å². The molecule has 0 saturated carbocycles. The molecule has 0 aromatic carbocycles. The molecule has 0 amide bonds. The van der Waals surface area contributed by atoms with E-state index in [1.54, 1.807) is 0 Å². The zero-order valence-corrected chi connectivity index (χ0v) is 11.6. The van der Waals surface area contributed by atoms with Crippen LogP contribution in [0.4, 0.5) is 0 Å². The van der Waals surface area contributed by atoms with Crippen LogP contribution in [-0.2, 0) is 0 Å². The van der Waals surface area contributed by atoms with E-state index in [0.29, 0.717) is 0 Å². The molecule has 0 saturated heterocycles. The first kappa shape index (κ1) is 18.2. The average Bonchev–Trinajstić information content (AvgIpc) is 2.28. The van der Waals surface area contributed by atoms with Crippen molar-refractivity contribution in [2.24, 2.45) is 5.73 Å². The molecule has 0 aliphatic rings. The zero-order valence-electron chi connectivity index (χ0n) is 10.7. The minimum absolute atomic E-state index is 0.872. The topological polar surface area (TPSA) is 49.8 Å². The van der Waals surface area contributed by atoms with E-state index < -0.39 is 0 Å². The lowest BCUT2D eigenvalue weighted by Crippen LogP contribution is -1.97. The molecule has 0 atom stereocenters. The third-order valence-electron chi connectivity index (χ3n) is 2.56. The highest BCUT2D eigenvalue weighted by atomic mass is 32.1. The van der Waals surface area contributed by atoms with Crippen molar-refractivity contribution in [3.63, 3.8) is 0 Å². The summed E-state index contributed by atoms with van der Waals surface area (Å²) in [6, 6.07) is 0. The smallest absolute Gasteiger partial charge is 0.130 e. The summed E-state index contributed by atoms with van der Waals surface area (Å²) in [4.78, 5) is 0. The molecule has 0 aromatic rings. The van der Waals surface area contributed by atoms with Gasteiger partial charge in [0.15, 0.2) is 0 Å². The van der Waals surface area contributed by atoms with Crippen LogP contribution in [0.2, 0.25) is 0 Å². The summed E-state index contributed by atoms with van der Waals surface area (Å²) in [6.07, 6.45) is 13.9. The fourth-order valence-corrected chi connectivity index (χ4v) is 1.63. The molecular formula is C13H28N2S. The molecule has 0 rings (SSSR count). The van der Waals surface area contributed by atoms with Crippen molar-refractivity contribution < 1.29 is 0 Å². The van der Waals surface area contributed by atoms with Gasteiger partial charge >= 0.3 is 0 Å². The zero-order chi connectivity index (χ0) is 12.5. The number of thiol groups is 1. The summed E-state index contributed by atoms with van der Waals surface area (Å²) in [5, 5.41) is 8.63. The number of nitrogens with two attached hydrogens (primary N) is 1. The van der Waals surface area contributed by atoms with Crippen LogP contribution in [0.15, 0.2) is 0 Å². The molecule has 96 valence electrons. The minimum atomic E-state index is 0.872. The normalized spacial score (nSPS) is 9.12. The lowest BCUT2D eigenvalue weighted by Gasteiger charge is -2.00. The summed E-state index contributed by atoms with van der Waals surface area (Å²) < 4.78 is 0. The molecule has 3 heteroatoms. The maximum absolute atomic E-state index is 7.18. The molecule has 0 bridgehead atoms. The quantitative estimate of drug-likeness (QED) is 0.343. The largest absolute Gasteiger partial charge is 0.330 e. The predicted octanol–water partition coefficient (Wildman–Crippen LogP) is 4.26. The number of rotatable bonds is 10. The molecule has 0 unspecified atom stereocenters. The lowest BCUT2D eigenvalue weighted by molar-refractivity contribution is 0.558. The minimum Gasteiger partial charge on any atom is -0.330 e. The number of thiocyanates is 1. The highest BCUT2D eigenvalue weighted by Gasteiger charge is 1.91. The Morgan fingerprint density at radius 2 is 1.19 bits per heavy atom. The molecule has 0 spiro atoms. The van der Waals surface area contributed by atoms with E-state index in [1.165, 1.54) is 69.6 Å². The van der Waals surface area contributed by atoms with Crippen LogP contribution in [0.3, 0.4) is 0 Å². The van der Waals surface area contributed by atoms with Crippen molar-refractivity contribution in [3.8, 4) is 5.40 Å². The first-order valence-electron chi connectivity index (χ1n) is 6.56. The molecular weight excluding hydrogens is 216 g/mol. The first-order chi connectivity index (χ1) is 7.83. The van der Waals surface area contributed by atoms with E-state index in [0.717, 1.165) is 6.54 Å². The van der Waals surface area contributed by atoms with Crippen LogP contribution < -0.4 is 5.73 Å². The predicted molar refractivity (Wildman–Crippen MR) is 75.5 cm³/mol. The molecule has 0 radical (unpaired) electrons. The summed E-state index contributed by atoms with van der Waals surface area (Å²) in [7, 11) is 0. The molecule has 0 fully saturated rings. The van der Waals surface area contributed by atoms with Gasteiger partial charge in [-0.25, -0.2) is 0 Å². The Bertz CT molecular complexity index is 133. The monoisotopic (exact) mass is 244 g/mol. The van der Waals surface area contributed by atoms with E-state index in [2.05, 4.69) is 19.6 Å². The van der Waals surface area contributed by atoms with Gasteiger partial charge in [-0.15, -0.1) is 0 Å². The van der Waals surface area contributed by atoms with E-state index in [-0.39, 0.29) is 0 Å². The van der Waals surface area contributed by atoms with Crippen LogP contribution in [0.25, 0.3) is 0 Å². The highest BCUT2D eigenvalue weighted by Crippen LogP contribution is 2.09. The van der Waals surface area contributed by atoms with E-state index >= 15 is 0 Å². The molecule has 0 aliphatic carbocycles. The molecule has 2 nitrogen and oxygen atoms in total. The maximum atomic E-state index is 7.18. The van der Waals surface area contributed by atoms with Gasteiger partial charge in [0.1, 0.15) is 5.40 Å². The first-order valence-corrected chi connectivity index (χ1v) is 7.01. The Kier molecular flexibility index (Phi) is 23.0. The van der Waals surface area contributed by atoms with Gasteiger partial charge in [0.2, 0.25) is 0 Å². The van der Waals surface area contributed by atoms with Crippen LogP contribution in [0.1, 0.15) is 71.1 Å². The van der Waals surface area contributed by atoms with Crippen molar-refractivity contribution in [1.82, 2.24) is 0 Å². The van der Waals surface area contributed by atoms with Gasteiger partial charge in [0, 0.05) is 0 Å². The Hall–Kier alpha value is -0.200. The maximum Gasteiger partial charge on any atom is 0.130 e. The van der Waals surface area contributed by atoms with E-state index in [4.69, 9.17) is 11.0 Å². The van der Waals surface area contributed by atoms with Crippen LogP contribution in [0.5, 0.6) is 0 Å². The van der Waals surface area contributed by atoms with Crippen molar-refractivity contribution in [1.29, 1.82) is 5.26 Å². The Balaban J connectivity index is 0. The standard InChI is InChI=1S/C12H27N.CHNS/c1-2-3-4-5-6-7-8-9-10-11-12-13;2-1-3/h2-13H2,1H3;3H. The Morgan fingerprint density at radius 1 is 0.875 bits per heavy atom. The van der Waals surface area contributed by atoms with Crippen molar-refractivity contribution >= 4 is 12.6 Å². The summed E-state index contributed by atoms with van der Waals surface area (Å²) in [6.45, 7) is 3.14. The summed E-state index contributed by atoms with van der Waals surface area (Å²) >= 11 is 3.09. The van der Waals surface area contributed by atoms with E-state index in [1.807, 2.05) is 0 Å². The van der Waals surface area contributed by atoms with Gasteiger partial charge in [0.05, 0.1) is 0 Å². The van der Waals surface area contributed by atoms with Crippen LogP contribution in [0, 0.1) is 10.7 Å². The van der Waals surface area contributed by atoms with Gasteiger partial charge in [-0.1, -0.05) is 77.3 Å². The molecule has 2 N–H and O–H groups in total. The van der Waals surface area contributed by atoms with E-state index in [9.17, 15) is 0 Å². The number of hydrogen-bond acceptors (Lipinski definition) is 3. The van der Waals surface area contributed by atoms with Crippen LogP contribution >= 0.6 is 12.6 Å². The number of nitriles is 1. The average molecular weight is 244 g/mol. The second-order valence-electron chi connectivity index (χ2n) is 4.07. The third kappa shape index (κ3) is 23.5. The molecule has 16 heavy (non-hydrogen) atoms. The number of hydrogen-bond donors (Lipinski definition) is 2. The van der Waals surface area contributed by atoms with Gasteiger partial charge in [-0.05, 0) is 13.0 Å². The Labute approximate surface area is 107 Å². The van der Waals surface area contributed by atoms with Gasteiger partial charge in [-0.3, -0.25) is 0 Å². The lowest BCUT2D eigenvalue weighted by atomic mass is 10.1. The van der Waals surface area contributed by atoms with Crippen molar-refractivity contribution in [2.75, 3.05) is 6.54 Å². The molecule has 0 aliphatic heterocycles. The summed E-state index contributed by atoms with van der Waals surface area (Å²) in [5.41, 5.74) is 5.42. The second-order valence-corrected chi connectivity index (χ2v) is 4.27.